The molecule has 4 heteroatoms. The lowest BCUT2D eigenvalue weighted by Crippen LogP contribution is -1.82. The summed E-state index contributed by atoms with van der Waals surface area (Å²) in [5, 5.41) is 0.889. The van der Waals surface area contributed by atoms with E-state index in [0.29, 0.717) is 4.67 Å². The number of rotatable bonds is 2. The normalized spacial score (nSPS) is 10.0. The lowest BCUT2D eigenvalue weighted by atomic mass is 10.5. The Labute approximate surface area is 69.9 Å². The van der Waals surface area contributed by atoms with Gasteiger partial charge in [-0.1, -0.05) is 15.9 Å². The fourth-order valence-corrected chi connectivity index (χ4v) is 1.11. The number of halogens is 2. The van der Waals surface area contributed by atoms with Crippen molar-refractivity contribution in [3.63, 3.8) is 0 Å². The molecule has 0 fully saturated rings. The van der Waals surface area contributed by atoms with Crippen LogP contribution in [0.25, 0.3) is 0 Å². The predicted molar refractivity (Wildman–Crippen MR) is 41.7 cm³/mol. The van der Waals surface area contributed by atoms with Crippen LogP contribution in [-0.4, -0.2) is 10.3 Å². The molecule has 0 unspecified atom stereocenters. The second-order valence-electron chi connectivity index (χ2n) is 1.50. The van der Waals surface area contributed by atoms with Crippen LogP contribution in [0.1, 0.15) is 5.89 Å². The number of aromatic nitrogens is 1. The lowest BCUT2D eigenvalue weighted by molar-refractivity contribution is 0.483. The molecule has 0 bridgehead atoms. The summed E-state index contributed by atoms with van der Waals surface area (Å²) in [6.07, 6.45) is 2.49. The summed E-state index contributed by atoms with van der Waals surface area (Å²) in [6.45, 7) is 0. The summed E-state index contributed by atoms with van der Waals surface area (Å²) >= 11 is 6.44. The molecule has 0 aliphatic heterocycles. The molecular weight excluding hydrogens is 250 g/mol. The van der Waals surface area contributed by atoms with Gasteiger partial charge in [0.25, 0.3) is 0 Å². The summed E-state index contributed by atoms with van der Waals surface area (Å²) in [4.78, 5) is 3.96. The van der Waals surface area contributed by atoms with E-state index in [1.165, 1.54) is 0 Å². The van der Waals surface area contributed by atoms with Crippen molar-refractivity contribution in [2.75, 3.05) is 5.33 Å². The van der Waals surface area contributed by atoms with Crippen molar-refractivity contribution in [3.05, 3.63) is 16.8 Å². The topological polar surface area (TPSA) is 26.0 Å². The minimum absolute atomic E-state index is 0.693. The Hall–Kier alpha value is 0.170. The van der Waals surface area contributed by atoms with Crippen molar-refractivity contribution in [3.8, 4) is 0 Å². The van der Waals surface area contributed by atoms with Crippen molar-refractivity contribution in [2.45, 2.75) is 6.42 Å². The maximum atomic E-state index is 5.10. The molecule has 0 amide bonds. The van der Waals surface area contributed by atoms with E-state index >= 15 is 0 Å². The molecule has 0 aliphatic rings. The quantitative estimate of drug-likeness (QED) is 0.758. The maximum absolute atomic E-state index is 5.10. The van der Waals surface area contributed by atoms with E-state index in [2.05, 4.69) is 36.8 Å². The lowest BCUT2D eigenvalue weighted by Gasteiger charge is -1.84. The van der Waals surface area contributed by atoms with Crippen molar-refractivity contribution in [1.29, 1.82) is 0 Å². The fourth-order valence-electron chi connectivity index (χ4n) is 0.484. The highest BCUT2D eigenvalue weighted by molar-refractivity contribution is 9.10. The molecule has 9 heavy (non-hydrogen) atoms. The fraction of sp³-hybridized carbons (Fsp3) is 0.400. The third-order valence-corrected chi connectivity index (χ3v) is 1.60. The van der Waals surface area contributed by atoms with Crippen LogP contribution >= 0.6 is 31.9 Å². The minimum Gasteiger partial charge on any atom is -0.434 e. The summed E-state index contributed by atoms with van der Waals surface area (Å²) in [5.41, 5.74) is 0. The molecule has 1 heterocycles. The second-order valence-corrected chi connectivity index (χ2v) is 3.07. The van der Waals surface area contributed by atoms with E-state index in [-0.39, 0.29) is 0 Å². The van der Waals surface area contributed by atoms with Crippen LogP contribution in [0.15, 0.2) is 15.3 Å². The number of hydrogen-bond donors (Lipinski definition) is 0. The molecule has 0 radical (unpaired) electrons. The molecule has 0 saturated carbocycles. The summed E-state index contributed by atoms with van der Waals surface area (Å²) in [6, 6.07) is 0. The third kappa shape index (κ3) is 2.10. The third-order valence-electron chi connectivity index (χ3n) is 0.834. The van der Waals surface area contributed by atoms with Crippen LogP contribution in [0.2, 0.25) is 0 Å². The highest BCUT2D eigenvalue weighted by Crippen LogP contribution is 2.11. The van der Waals surface area contributed by atoms with Gasteiger partial charge in [-0.3, -0.25) is 0 Å². The van der Waals surface area contributed by atoms with Crippen LogP contribution in [0.5, 0.6) is 0 Å². The number of hydrogen-bond acceptors (Lipinski definition) is 2. The van der Waals surface area contributed by atoms with E-state index in [4.69, 9.17) is 4.42 Å². The van der Waals surface area contributed by atoms with Crippen LogP contribution in [-0.2, 0) is 6.42 Å². The van der Waals surface area contributed by atoms with Gasteiger partial charge in [0.1, 0.15) is 0 Å². The van der Waals surface area contributed by atoms with Gasteiger partial charge in [-0.05, 0) is 15.9 Å². The molecule has 0 aliphatic carbocycles. The smallest absolute Gasteiger partial charge is 0.196 e. The number of oxazole rings is 1. The van der Waals surface area contributed by atoms with Gasteiger partial charge in [0.15, 0.2) is 10.6 Å². The highest BCUT2D eigenvalue weighted by Gasteiger charge is 1.97. The van der Waals surface area contributed by atoms with Gasteiger partial charge in [-0.25, -0.2) is 4.98 Å². The Balaban J connectivity index is 2.61. The van der Waals surface area contributed by atoms with Gasteiger partial charge in [0, 0.05) is 11.8 Å². The van der Waals surface area contributed by atoms with E-state index in [1.807, 2.05) is 0 Å². The first kappa shape index (κ1) is 7.28. The SMILES string of the molecule is BrCCc1ncc(Br)o1. The van der Waals surface area contributed by atoms with Gasteiger partial charge in [-0.2, -0.15) is 0 Å². The molecule has 1 aromatic heterocycles. The molecule has 0 N–H and O–H groups in total. The molecule has 50 valence electrons. The van der Waals surface area contributed by atoms with Gasteiger partial charge in [0.05, 0.1) is 6.20 Å². The van der Waals surface area contributed by atoms with Crippen LogP contribution in [0.3, 0.4) is 0 Å². The first-order chi connectivity index (χ1) is 4.33. The molecule has 2 nitrogen and oxygen atoms in total. The highest BCUT2D eigenvalue weighted by atomic mass is 79.9. The molecule has 0 aromatic carbocycles. The van der Waals surface area contributed by atoms with Crippen LogP contribution < -0.4 is 0 Å². The van der Waals surface area contributed by atoms with E-state index in [9.17, 15) is 0 Å². The number of nitrogens with zero attached hydrogens (tertiary/aromatic N) is 1. The summed E-state index contributed by atoms with van der Waals surface area (Å²) < 4.78 is 5.79. The monoisotopic (exact) mass is 253 g/mol. The zero-order valence-corrected chi connectivity index (χ0v) is 7.77. The Morgan fingerprint density at radius 2 is 2.44 bits per heavy atom. The Morgan fingerprint density at radius 3 is 2.89 bits per heavy atom. The van der Waals surface area contributed by atoms with Crippen LogP contribution in [0.4, 0.5) is 0 Å². The predicted octanol–water partition coefficient (Wildman–Crippen LogP) is 2.37. The van der Waals surface area contributed by atoms with E-state index < -0.39 is 0 Å². The van der Waals surface area contributed by atoms with E-state index in [0.717, 1.165) is 17.6 Å². The number of alkyl halides is 1. The summed E-state index contributed by atoms with van der Waals surface area (Å²) in [5.74, 6) is 0.763. The zero-order valence-electron chi connectivity index (χ0n) is 4.60. The molecule has 1 aromatic rings. The molecular formula is C5H5Br2NO. The Bertz CT molecular complexity index is 187. The largest absolute Gasteiger partial charge is 0.434 e. The zero-order chi connectivity index (χ0) is 6.69. The van der Waals surface area contributed by atoms with Gasteiger partial charge < -0.3 is 4.42 Å². The Morgan fingerprint density at radius 1 is 1.67 bits per heavy atom. The van der Waals surface area contributed by atoms with Crippen molar-refractivity contribution >= 4 is 31.9 Å². The molecule has 1 rings (SSSR count). The standard InChI is InChI=1S/C5H5Br2NO/c6-2-1-5-8-3-4(7)9-5/h3H,1-2H2. The van der Waals surface area contributed by atoms with E-state index in [1.54, 1.807) is 6.20 Å². The average Bonchev–Trinajstić information content (AvgIpc) is 2.17. The van der Waals surface area contributed by atoms with Gasteiger partial charge in [-0.15, -0.1) is 0 Å². The van der Waals surface area contributed by atoms with Crippen molar-refractivity contribution in [1.82, 2.24) is 4.98 Å². The van der Waals surface area contributed by atoms with Crippen LogP contribution in [0, 0.1) is 0 Å². The van der Waals surface area contributed by atoms with Gasteiger partial charge >= 0.3 is 0 Å². The van der Waals surface area contributed by atoms with Crippen molar-refractivity contribution in [2.24, 2.45) is 0 Å². The maximum Gasteiger partial charge on any atom is 0.196 e. The summed E-state index contributed by atoms with van der Waals surface area (Å²) in [7, 11) is 0. The first-order valence-electron chi connectivity index (χ1n) is 2.49. The van der Waals surface area contributed by atoms with Gasteiger partial charge in [0.2, 0.25) is 0 Å². The molecule has 0 saturated heterocycles. The second kappa shape index (κ2) is 3.37. The minimum atomic E-state index is 0.693. The average molecular weight is 255 g/mol. The van der Waals surface area contributed by atoms with Crippen molar-refractivity contribution < 1.29 is 4.42 Å². The first-order valence-corrected chi connectivity index (χ1v) is 4.40. The molecule has 0 atom stereocenters. The Kier molecular flexibility index (Phi) is 2.72. The number of aryl methyl sites for hydroxylation is 1. The molecule has 0 spiro atoms.